The van der Waals surface area contributed by atoms with Crippen molar-refractivity contribution in [2.75, 3.05) is 32.8 Å². The first kappa shape index (κ1) is 24.5. The molecule has 0 saturated carbocycles. The van der Waals surface area contributed by atoms with Crippen LogP contribution in [0.2, 0.25) is 0 Å². The number of hydrogen-bond donors (Lipinski definition) is 1. The van der Waals surface area contributed by atoms with Gasteiger partial charge in [0.05, 0.1) is 23.7 Å². The number of carbonyl (C=O) groups is 2. The molecule has 1 aromatic heterocycles. The number of hydrazine groups is 1. The number of hydrogen-bond acceptors (Lipinski definition) is 7. The molecule has 0 spiro atoms. The van der Waals surface area contributed by atoms with E-state index in [9.17, 15) is 22.8 Å². The monoisotopic (exact) mass is 511 g/mol. The van der Waals surface area contributed by atoms with Crippen molar-refractivity contribution in [3.05, 3.63) is 52.6 Å². The molecule has 180 valence electrons. The molecular weight excluding hydrogens is 491 g/mol. The fourth-order valence-corrected chi connectivity index (χ4v) is 4.55. The van der Waals surface area contributed by atoms with Gasteiger partial charge in [-0.2, -0.15) is 18.2 Å². The molecule has 4 rings (SSSR count). The summed E-state index contributed by atoms with van der Waals surface area (Å²) in [4.78, 5) is 27.4. The van der Waals surface area contributed by atoms with Crippen LogP contribution in [-0.4, -0.2) is 58.9 Å². The van der Waals surface area contributed by atoms with Crippen LogP contribution in [-0.2, 0) is 20.5 Å². The van der Waals surface area contributed by atoms with Crippen molar-refractivity contribution in [1.29, 1.82) is 0 Å². The third kappa shape index (κ3) is 5.87. The van der Waals surface area contributed by atoms with E-state index in [1.54, 1.807) is 6.07 Å². The van der Waals surface area contributed by atoms with Gasteiger partial charge >= 0.3 is 6.18 Å². The molecular formula is C22H20F3N3O4S2. The predicted octanol–water partition coefficient (Wildman–Crippen LogP) is 3.92. The summed E-state index contributed by atoms with van der Waals surface area (Å²) >= 11 is 6.21. The van der Waals surface area contributed by atoms with Crippen LogP contribution in [0.5, 0.6) is 0 Å². The normalized spacial score (nSPS) is 18.7. The zero-order valence-electron chi connectivity index (χ0n) is 17.8. The maximum absolute atomic E-state index is 13.0. The van der Waals surface area contributed by atoms with E-state index in [2.05, 4.69) is 10.3 Å². The Morgan fingerprint density at radius 3 is 2.71 bits per heavy atom. The average Bonchev–Trinajstić information content (AvgIpc) is 3.38. The van der Waals surface area contributed by atoms with Gasteiger partial charge in [-0.3, -0.25) is 19.9 Å². The Kier molecular flexibility index (Phi) is 7.41. The van der Waals surface area contributed by atoms with Crippen molar-refractivity contribution < 1.29 is 31.9 Å². The predicted molar refractivity (Wildman–Crippen MR) is 124 cm³/mol. The molecule has 1 aromatic carbocycles. The van der Waals surface area contributed by atoms with Crippen LogP contribution < -0.4 is 5.43 Å². The zero-order valence-corrected chi connectivity index (χ0v) is 19.4. The molecule has 2 amide bonds. The van der Waals surface area contributed by atoms with E-state index in [0.29, 0.717) is 19.8 Å². The van der Waals surface area contributed by atoms with Crippen LogP contribution in [0, 0.1) is 0 Å². The Balaban J connectivity index is 1.39. The van der Waals surface area contributed by atoms with E-state index in [0.717, 1.165) is 42.0 Å². The molecule has 3 heterocycles. The van der Waals surface area contributed by atoms with E-state index in [-0.39, 0.29) is 38.6 Å². The van der Waals surface area contributed by atoms with E-state index in [1.165, 1.54) is 24.3 Å². The number of thiocarbonyl (C=S) groups is 1. The van der Waals surface area contributed by atoms with Crippen molar-refractivity contribution in [2.45, 2.75) is 12.6 Å². The maximum atomic E-state index is 13.0. The highest BCUT2D eigenvalue weighted by molar-refractivity contribution is 8.26. The van der Waals surface area contributed by atoms with Gasteiger partial charge in [-0.1, -0.05) is 23.9 Å². The summed E-state index contributed by atoms with van der Waals surface area (Å²) < 4.78 is 50.0. The first-order valence-corrected chi connectivity index (χ1v) is 11.6. The largest absolute Gasteiger partial charge is 0.457 e. The van der Waals surface area contributed by atoms with Crippen molar-refractivity contribution in [1.82, 2.24) is 15.3 Å². The Hall–Kier alpha value is -2.67. The van der Waals surface area contributed by atoms with Gasteiger partial charge in [-0.15, -0.1) is 0 Å². The minimum Gasteiger partial charge on any atom is -0.457 e. The number of morpholine rings is 1. The van der Waals surface area contributed by atoms with Crippen molar-refractivity contribution in [3.8, 4) is 11.3 Å². The number of amides is 2. The van der Waals surface area contributed by atoms with E-state index >= 15 is 0 Å². The zero-order chi connectivity index (χ0) is 24.3. The van der Waals surface area contributed by atoms with Crippen LogP contribution in [0.3, 0.4) is 0 Å². The van der Waals surface area contributed by atoms with Gasteiger partial charge in [0.15, 0.2) is 4.32 Å². The Labute approximate surface area is 202 Å². The average molecular weight is 512 g/mol. The smallest absolute Gasteiger partial charge is 0.416 e. The van der Waals surface area contributed by atoms with Crippen LogP contribution in [0.15, 0.2) is 45.7 Å². The topological polar surface area (TPSA) is 75.0 Å². The lowest BCUT2D eigenvalue weighted by atomic mass is 10.1. The molecule has 2 fully saturated rings. The number of benzene rings is 1. The van der Waals surface area contributed by atoms with Crippen LogP contribution in [0.4, 0.5) is 13.2 Å². The summed E-state index contributed by atoms with van der Waals surface area (Å²) in [6.07, 6.45) is -2.82. The summed E-state index contributed by atoms with van der Waals surface area (Å²) in [5.41, 5.74) is 2.01. The molecule has 2 aromatic rings. The first-order chi connectivity index (χ1) is 16.2. The summed E-state index contributed by atoms with van der Waals surface area (Å²) in [5, 5.41) is 1.02. The molecule has 12 heteroatoms. The second-order valence-electron chi connectivity index (χ2n) is 7.54. The van der Waals surface area contributed by atoms with Crippen molar-refractivity contribution in [2.24, 2.45) is 0 Å². The lowest BCUT2D eigenvalue weighted by Crippen LogP contribution is -2.46. The number of alkyl halides is 3. The van der Waals surface area contributed by atoms with Crippen LogP contribution in [0.1, 0.15) is 17.7 Å². The minimum absolute atomic E-state index is 0.167. The summed E-state index contributed by atoms with van der Waals surface area (Å²) in [5.74, 6) is -0.351. The first-order valence-electron chi connectivity index (χ1n) is 10.4. The number of nitrogens with one attached hydrogen (secondary N) is 1. The summed E-state index contributed by atoms with van der Waals surface area (Å²) in [6, 6.07) is 7.85. The number of nitrogens with zero attached hydrogens (tertiary/aromatic N) is 2. The lowest BCUT2D eigenvalue weighted by Gasteiger charge is -2.26. The second kappa shape index (κ2) is 10.3. The fraction of sp³-hybridized carbons (Fsp3) is 0.318. The third-order valence-corrected chi connectivity index (χ3v) is 6.47. The highest BCUT2D eigenvalue weighted by atomic mass is 32.2. The minimum atomic E-state index is -4.47. The van der Waals surface area contributed by atoms with Gasteiger partial charge in [0.2, 0.25) is 5.91 Å². The Morgan fingerprint density at radius 2 is 1.97 bits per heavy atom. The number of furan rings is 1. The molecule has 2 aliphatic heterocycles. The molecule has 0 atom stereocenters. The third-order valence-electron chi connectivity index (χ3n) is 5.16. The van der Waals surface area contributed by atoms with Crippen LogP contribution in [0.25, 0.3) is 17.4 Å². The van der Waals surface area contributed by atoms with Crippen LogP contribution >= 0.6 is 24.0 Å². The number of carbonyl (C=O) groups excluding carboxylic acids is 2. The van der Waals surface area contributed by atoms with Gasteiger partial charge in [0, 0.05) is 37.7 Å². The summed E-state index contributed by atoms with van der Waals surface area (Å²) in [7, 11) is 0. The van der Waals surface area contributed by atoms with Gasteiger partial charge in [-0.25, -0.2) is 0 Å². The van der Waals surface area contributed by atoms with Crippen molar-refractivity contribution >= 4 is 46.2 Å². The standard InChI is InChI=1S/C22H20F3N3O4S2/c23-22(24,25)15-3-1-2-14(12-15)17-5-4-16(32-17)13-18-20(30)28(21(33)34-18)26-19(29)6-7-27-8-10-31-11-9-27/h1-5,12-13H,6-11H2,(H,26,29). The second-order valence-corrected chi connectivity index (χ2v) is 9.21. The quantitative estimate of drug-likeness (QED) is 0.466. The molecule has 0 bridgehead atoms. The SMILES string of the molecule is O=C(CCN1CCOCC1)NN1C(=O)C(=Cc2ccc(-c3cccc(C(F)(F)F)c3)o2)SC1=S. The Bertz CT molecular complexity index is 1130. The molecule has 7 nitrogen and oxygen atoms in total. The van der Waals surface area contributed by atoms with Gasteiger partial charge in [-0.05, 0) is 36.5 Å². The van der Waals surface area contributed by atoms with E-state index in [1.807, 2.05) is 0 Å². The van der Waals surface area contributed by atoms with Gasteiger partial charge in [0.25, 0.3) is 5.91 Å². The molecule has 0 radical (unpaired) electrons. The van der Waals surface area contributed by atoms with Gasteiger partial charge < -0.3 is 9.15 Å². The summed E-state index contributed by atoms with van der Waals surface area (Å²) in [6.45, 7) is 3.31. The van der Waals surface area contributed by atoms with E-state index in [4.69, 9.17) is 21.4 Å². The molecule has 2 aliphatic rings. The lowest BCUT2D eigenvalue weighted by molar-refractivity contribution is -0.137. The number of halogens is 3. The maximum Gasteiger partial charge on any atom is 0.416 e. The van der Waals surface area contributed by atoms with Gasteiger partial charge in [0.1, 0.15) is 11.5 Å². The van der Waals surface area contributed by atoms with Crippen molar-refractivity contribution in [3.63, 3.8) is 0 Å². The molecule has 0 unspecified atom stereocenters. The molecule has 34 heavy (non-hydrogen) atoms. The highest BCUT2D eigenvalue weighted by Crippen LogP contribution is 2.34. The molecule has 2 saturated heterocycles. The fourth-order valence-electron chi connectivity index (χ4n) is 3.39. The number of thioether (sulfide) groups is 1. The highest BCUT2D eigenvalue weighted by Gasteiger charge is 2.34. The number of rotatable bonds is 6. The molecule has 1 N–H and O–H groups in total. The van der Waals surface area contributed by atoms with E-state index < -0.39 is 17.6 Å². The number of ether oxygens (including phenoxy) is 1. The molecule has 0 aliphatic carbocycles. The Morgan fingerprint density at radius 1 is 1.21 bits per heavy atom.